The first kappa shape index (κ1) is 10.2. The summed E-state index contributed by atoms with van der Waals surface area (Å²) in [5.74, 6) is 1.04. The molecular weight excluding hydrogens is 190 g/mol. The maximum Gasteiger partial charge on any atom is 0.108 e. The van der Waals surface area contributed by atoms with Crippen LogP contribution in [0.4, 0.5) is 0 Å². The molecular formula is C11H15N3O. The Morgan fingerprint density at radius 1 is 1.73 bits per heavy atom. The highest BCUT2D eigenvalue weighted by atomic mass is 16.5. The van der Waals surface area contributed by atoms with Crippen molar-refractivity contribution in [2.45, 2.75) is 19.3 Å². The van der Waals surface area contributed by atoms with Gasteiger partial charge >= 0.3 is 0 Å². The van der Waals surface area contributed by atoms with E-state index >= 15 is 0 Å². The molecule has 1 fully saturated rings. The maximum absolute atomic E-state index is 9.16. The predicted octanol–water partition coefficient (Wildman–Crippen LogP) is 1.28. The Bertz CT molecular complexity index is 371. The highest BCUT2D eigenvalue weighted by Crippen LogP contribution is 2.32. The van der Waals surface area contributed by atoms with E-state index < -0.39 is 0 Å². The Kier molecular flexibility index (Phi) is 2.74. The van der Waals surface area contributed by atoms with E-state index in [9.17, 15) is 0 Å². The van der Waals surface area contributed by atoms with E-state index in [1.165, 1.54) is 0 Å². The number of ether oxygens (including phenoxy) is 1. The zero-order chi connectivity index (χ0) is 10.7. The fourth-order valence-electron chi connectivity index (χ4n) is 1.94. The van der Waals surface area contributed by atoms with Crippen molar-refractivity contribution in [3.8, 4) is 6.07 Å². The smallest absolute Gasteiger partial charge is 0.108 e. The van der Waals surface area contributed by atoms with Crippen molar-refractivity contribution in [1.82, 2.24) is 9.55 Å². The molecule has 1 atom stereocenters. The van der Waals surface area contributed by atoms with Crippen LogP contribution in [0.3, 0.4) is 0 Å². The van der Waals surface area contributed by atoms with Crippen molar-refractivity contribution in [2.75, 3.05) is 13.2 Å². The Hall–Kier alpha value is -1.34. The summed E-state index contributed by atoms with van der Waals surface area (Å²) in [6.07, 6.45) is 6.27. The molecule has 1 unspecified atom stereocenters. The molecule has 15 heavy (non-hydrogen) atoms. The molecule has 2 rings (SSSR count). The Balaban J connectivity index is 1.98. The molecule has 1 aromatic heterocycles. The summed E-state index contributed by atoms with van der Waals surface area (Å²) in [6, 6.07) is 2.40. The number of aryl methyl sites for hydroxylation is 2. The monoisotopic (exact) mass is 205 g/mol. The van der Waals surface area contributed by atoms with Crippen LogP contribution in [-0.4, -0.2) is 22.8 Å². The topological polar surface area (TPSA) is 50.8 Å². The molecule has 1 aliphatic heterocycles. The Morgan fingerprint density at radius 3 is 3.13 bits per heavy atom. The van der Waals surface area contributed by atoms with Crippen molar-refractivity contribution < 1.29 is 4.74 Å². The van der Waals surface area contributed by atoms with Crippen molar-refractivity contribution in [3.63, 3.8) is 0 Å². The summed E-state index contributed by atoms with van der Waals surface area (Å²) in [5, 5.41) is 9.16. The molecule has 80 valence electrons. The molecule has 0 aromatic carbocycles. The van der Waals surface area contributed by atoms with Crippen LogP contribution in [0.5, 0.6) is 0 Å². The van der Waals surface area contributed by atoms with Gasteiger partial charge in [0.25, 0.3) is 0 Å². The van der Waals surface area contributed by atoms with Gasteiger partial charge in [0.2, 0.25) is 0 Å². The summed E-state index contributed by atoms with van der Waals surface area (Å²) < 4.78 is 7.30. The third-order valence-corrected chi connectivity index (χ3v) is 3.09. The molecule has 0 bridgehead atoms. The van der Waals surface area contributed by atoms with Gasteiger partial charge in [-0.1, -0.05) is 0 Å². The van der Waals surface area contributed by atoms with Gasteiger partial charge in [-0.3, -0.25) is 0 Å². The van der Waals surface area contributed by atoms with Gasteiger partial charge in [-0.2, -0.15) is 5.26 Å². The maximum atomic E-state index is 9.16. The molecule has 1 saturated heterocycles. The van der Waals surface area contributed by atoms with Gasteiger partial charge in [-0.25, -0.2) is 4.98 Å². The number of hydrogen-bond acceptors (Lipinski definition) is 3. The second kappa shape index (κ2) is 4.03. The average Bonchev–Trinajstić information content (AvgIpc) is 2.85. The molecule has 0 saturated carbocycles. The molecule has 4 heteroatoms. The van der Waals surface area contributed by atoms with Gasteiger partial charge < -0.3 is 9.30 Å². The number of nitrogens with zero attached hydrogens (tertiary/aromatic N) is 3. The van der Waals surface area contributed by atoms with E-state index in [1.807, 2.05) is 17.8 Å². The van der Waals surface area contributed by atoms with Crippen LogP contribution < -0.4 is 0 Å². The van der Waals surface area contributed by atoms with Crippen LogP contribution in [0.2, 0.25) is 0 Å². The number of imidazole rings is 1. The quantitative estimate of drug-likeness (QED) is 0.747. The molecule has 2 heterocycles. The highest BCUT2D eigenvalue weighted by Gasteiger charge is 2.34. The van der Waals surface area contributed by atoms with E-state index in [0.717, 1.165) is 25.1 Å². The number of rotatable bonds is 3. The summed E-state index contributed by atoms with van der Waals surface area (Å²) in [6.45, 7) is 1.29. The molecule has 0 radical (unpaired) electrons. The minimum atomic E-state index is -0.272. The van der Waals surface area contributed by atoms with E-state index in [0.29, 0.717) is 13.2 Å². The van der Waals surface area contributed by atoms with Gasteiger partial charge in [0, 0.05) is 32.5 Å². The van der Waals surface area contributed by atoms with Crippen LogP contribution in [0.1, 0.15) is 18.7 Å². The lowest BCUT2D eigenvalue weighted by molar-refractivity contribution is 0.168. The fourth-order valence-corrected chi connectivity index (χ4v) is 1.94. The standard InChI is InChI=1S/C11H15N3O/c1-14-6-5-13-10(14)2-3-11(8-12)4-7-15-9-11/h5-6H,2-4,7,9H2,1H3. The second-order valence-electron chi connectivity index (χ2n) is 4.15. The fraction of sp³-hybridized carbons (Fsp3) is 0.636. The number of hydrogen-bond donors (Lipinski definition) is 0. The van der Waals surface area contributed by atoms with Gasteiger partial charge in [-0.05, 0) is 12.8 Å². The second-order valence-corrected chi connectivity index (χ2v) is 4.15. The van der Waals surface area contributed by atoms with Crippen LogP contribution in [0.15, 0.2) is 12.4 Å². The molecule has 4 nitrogen and oxygen atoms in total. The summed E-state index contributed by atoms with van der Waals surface area (Å²) in [7, 11) is 1.98. The highest BCUT2D eigenvalue weighted by molar-refractivity contribution is 5.04. The van der Waals surface area contributed by atoms with Crippen LogP contribution in [0, 0.1) is 16.7 Å². The molecule has 1 aromatic rings. The average molecular weight is 205 g/mol. The first-order valence-electron chi connectivity index (χ1n) is 5.21. The van der Waals surface area contributed by atoms with E-state index in [4.69, 9.17) is 10.00 Å². The predicted molar refractivity (Wildman–Crippen MR) is 55.0 cm³/mol. The first-order chi connectivity index (χ1) is 7.26. The van der Waals surface area contributed by atoms with Crippen molar-refractivity contribution in [3.05, 3.63) is 18.2 Å². The van der Waals surface area contributed by atoms with Crippen LogP contribution in [0.25, 0.3) is 0 Å². The number of aromatic nitrogens is 2. The number of nitriles is 1. The van der Waals surface area contributed by atoms with Gasteiger partial charge in [0.1, 0.15) is 5.82 Å². The van der Waals surface area contributed by atoms with Gasteiger partial charge in [0.05, 0.1) is 18.1 Å². The van der Waals surface area contributed by atoms with E-state index in [-0.39, 0.29) is 5.41 Å². The Morgan fingerprint density at radius 2 is 2.60 bits per heavy atom. The van der Waals surface area contributed by atoms with Crippen LogP contribution in [-0.2, 0) is 18.2 Å². The zero-order valence-corrected chi connectivity index (χ0v) is 8.94. The third kappa shape index (κ3) is 2.02. The van der Waals surface area contributed by atoms with Gasteiger partial charge in [0.15, 0.2) is 0 Å². The minimum Gasteiger partial charge on any atom is -0.380 e. The third-order valence-electron chi connectivity index (χ3n) is 3.09. The van der Waals surface area contributed by atoms with E-state index in [1.54, 1.807) is 6.20 Å². The SMILES string of the molecule is Cn1ccnc1CCC1(C#N)CCOC1. The summed E-state index contributed by atoms with van der Waals surface area (Å²) in [5.41, 5.74) is -0.272. The van der Waals surface area contributed by atoms with Crippen LogP contribution >= 0.6 is 0 Å². The molecule has 1 aliphatic rings. The summed E-state index contributed by atoms with van der Waals surface area (Å²) in [4.78, 5) is 4.25. The lowest BCUT2D eigenvalue weighted by Crippen LogP contribution is -2.20. The van der Waals surface area contributed by atoms with Crippen molar-refractivity contribution >= 4 is 0 Å². The molecule has 0 aliphatic carbocycles. The lowest BCUT2D eigenvalue weighted by Gasteiger charge is -2.17. The summed E-state index contributed by atoms with van der Waals surface area (Å²) >= 11 is 0. The van der Waals surface area contributed by atoms with Crippen molar-refractivity contribution in [2.24, 2.45) is 12.5 Å². The largest absolute Gasteiger partial charge is 0.380 e. The van der Waals surface area contributed by atoms with Gasteiger partial charge in [-0.15, -0.1) is 0 Å². The van der Waals surface area contributed by atoms with Crippen molar-refractivity contribution in [1.29, 1.82) is 5.26 Å². The molecule has 0 amide bonds. The molecule has 0 N–H and O–H groups in total. The van der Waals surface area contributed by atoms with E-state index in [2.05, 4.69) is 11.1 Å². The zero-order valence-electron chi connectivity index (χ0n) is 8.94. The first-order valence-corrected chi connectivity index (χ1v) is 5.21. The lowest BCUT2D eigenvalue weighted by atomic mass is 9.84. The Labute approximate surface area is 89.5 Å². The minimum absolute atomic E-state index is 0.272. The molecule has 0 spiro atoms. The normalized spacial score (nSPS) is 25.3.